The van der Waals surface area contributed by atoms with Crippen molar-refractivity contribution in [2.75, 3.05) is 45.2 Å². The van der Waals surface area contributed by atoms with Gasteiger partial charge >= 0.3 is 0 Å². The first-order valence-electron chi connectivity index (χ1n) is 9.32. The van der Waals surface area contributed by atoms with Crippen LogP contribution in [0, 0.1) is 0 Å². The van der Waals surface area contributed by atoms with Gasteiger partial charge in [-0.15, -0.1) is 24.8 Å². The zero-order valence-electron chi connectivity index (χ0n) is 16.3. The van der Waals surface area contributed by atoms with Gasteiger partial charge in [0, 0.05) is 30.9 Å². The molecule has 1 aliphatic rings. The molecule has 0 unspecified atom stereocenters. The van der Waals surface area contributed by atoms with Gasteiger partial charge in [-0.2, -0.15) is 0 Å². The van der Waals surface area contributed by atoms with Gasteiger partial charge in [-0.25, -0.2) is 0 Å². The van der Waals surface area contributed by atoms with Crippen LogP contribution >= 0.6 is 24.8 Å². The Morgan fingerprint density at radius 2 is 1.76 bits per heavy atom. The molecule has 0 amide bonds. The molecule has 158 valence electrons. The van der Waals surface area contributed by atoms with Crippen LogP contribution in [-0.4, -0.2) is 50.1 Å². The molecular formula is C22H28Cl2N2O3. The standard InChI is InChI=1S/C22H26N2O3.2ClH/c23-21-5-2-1-4-18(21)8-11-22(25)19-6-9-20(10-7-19)27-15-3-12-24-13-16-26-17-14-24;;/h1-2,4-11H,3,12-17,23H2;2*1H/b11-8+;;. The number of benzene rings is 2. The summed E-state index contributed by atoms with van der Waals surface area (Å²) in [6, 6.07) is 14.7. The lowest BCUT2D eigenvalue weighted by atomic mass is 10.1. The molecule has 0 atom stereocenters. The van der Waals surface area contributed by atoms with Crippen molar-refractivity contribution in [2.45, 2.75) is 6.42 Å². The van der Waals surface area contributed by atoms with E-state index < -0.39 is 0 Å². The predicted molar refractivity (Wildman–Crippen MR) is 123 cm³/mol. The molecule has 2 aromatic rings. The zero-order chi connectivity index (χ0) is 18.9. The van der Waals surface area contributed by atoms with E-state index in [0.29, 0.717) is 17.9 Å². The summed E-state index contributed by atoms with van der Waals surface area (Å²) in [6.45, 7) is 5.33. The number of allylic oxidation sites excluding steroid dienone is 1. The number of halogens is 2. The summed E-state index contributed by atoms with van der Waals surface area (Å²) >= 11 is 0. The Morgan fingerprint density at radius 1 is 1.07 bits per heavy atom. The van der Waals surface area contributed by atoms with Gasteiger partial charge in [-0.3, -0.25) is 9.69 Å². The number of hydrogen-bond acceptors (Lipinski definition) is 5. The van der Waals surface area contributed by atoms with Gasteiger partial charge in [-0.05, 0) is 54.5 Å². The van der Waals surface area contributed by atoms with Gasteiger partial charge in [0.05, 0.1) is 19.8 Å². The molecular weight excluding hydrogens is 411 g/mol. The summed E-state index contributed by atoms with van der Waals surface area (Å²) < 4.78 is 11.1. The molecule has 7 heteroatoms. The smallest absolute Gasteiger partial charge is 0.185 e. The second-order valence-corrected chi connectivity index (χ2v) is 6.51. The van der Waals surface area contributed by atoms with E-state index in [1.54, 1.807) is 24.3 Å². The quantitative estimate of drug-likeness (QED) is 0.290. The van der Waals surface area contributed by atoms with E-state index in [4.69, 9.17) is 15.2 Å². The van der Waals surface area contributed by atoms with Crippen molar-refractivity contribution in [3.63, 3.8) is 0 Å². The third-order valence-electron chi connectivity index (χ3n) is 4.54. The van der Waals surface area contributed by atoms with Crippen LogP contribution < -0.4 is 10.5 Å². The van der Waals surface area contributed by atoms with Gasteiger partial charge in [0.15, 0.2) is 5.78 Å². The largest absolute Gasteiger partial charge is 0.494 e. The third-order valence-corrected chi connectivity index (χ3v) is 4.54. The average molecular weight is 439 g/mol. The highest BCUT2D eigenvalue weighted by molar-refractivity contribution is 6.07. The number of carbonyl (C=O) groups is 1. The summed E-state index contributed by atoms with van der Waals surface area (Å²) in [5, 5.41) is 0. The maximum absolute atomic E-state index is 12.3. The van der Waals surface area contributed by atoms with Crippen LogP contribution in [-0.2, 0) is 4.74 Å². The number of ether oxygens (including phenoxy) is 2. The minimum absolute atomic E-state index is 0. The minimum atomic E-state index is -0.0582. The van der Waals surface area contributed by atoms with E-state index in [1.165, 1.54) is 0 Å². The Kier molecular flexibility index (Phi) is 11.4. The molecule has 5 nitrogen and oxygen atoms in total. The van der Waals surface area contributed by atoms with Gasteiger partial charge in [0.1, 0.15) is 5.75 Å². The molecule has 2 N–H and O–H groups in total. The van der Waals surface area contributed by atoms with Crippen LogP contribution in [0.25, 0.3) is 6.08 Å². The minimum Gasteiger partial charge on any atom is -0.494 e. The third kappa shape index (κ3) is 8.07. The molecule has 0 spiro atoms. The fourth-order valence-corrected chi connectivity index (χ4v) is 2.94. The maximum Gasteiger partial charge on any atom is 0.185 e. The number of carbonyl (C=O) groups excluding carboxylic acids is 1. The first-order chi connectivity index (χ1) is 13.2. The lowest BCUT2D eigenvalue weighted by molar-refractivity contribution is 0.0358. The van der Waals surface area contributed by atoms with Gasteiger partial charge in [0.2, 0.25) is 0 Å². The van der Waals surface area contributed by atoms with Crippen LogP contribution in [0.15, 0.2) is 54.6 Å². The average Bonchev–Trinajstić information content (AvgIpc) is 2.72. The molecule has 29 heavy (non-hydrogen) atoms. The molecule has 0 bridgehead atoms. The van der Waals surface area contributed by atoms with E-state index in [2.05, 4.69) is 4.90 Å². The molecule has 0 aliphatic carbocycles. The number of hydrogen-bond donors (Lipinski definition) is 1. The zero-order valence-corrected chi connectivity index (χ0v) is 17.9. The Labute approximate surface area is 184 Å². The summed E-state index contributed by atoms with van der Waals surface area (Å²) in [5.74, 6) is 0.724. The normalized spacial score (nSPS) is 14.1. The molecule has 2 aromatic carbocycles. The topological polar surface area (TPSA) is 64.8 Å². The van der Waals surface area contributed by atoms with Crippen LogP contribution in [0.1, 0.15) is 22.3 Å². The van der Waals surface area contributed by atoms with E-state index in [9.17, 15) is 4.79 Å². The molecule has 0 saturated carbocycles. The number of para-hydroxylation sites is 1. The molecule has 0 aromatic heterocycles. The van der Waals surface area contributed by atoms with E-state index in [1.807, 2.05) is 36.4 Å². The molecule has 1 aliphatic heterocycles. The van der Waals surface area contributed by atoms with Crippen molar-refractivity contribution >= 4 is 42.4 Å². The molecule has 1 fully saturated rings. The first-order valence-corrected chi connectivity index (χ1v) is 9.32. The van der Waals surface area contributed by atoms with Crippen molar-refractivity contribution in [3.05, 3.63) is 65.7 Å². The first kappa shape index (κ1) is 25.0. The lowest BCUT2D eigenvalue weighted by Gasteiger charge is -2.26. The second kappa shape index (κ2) is 13.2. The molecule has 0 radical (unpaired) electrons. The SMILES string of the molecule is Cl.Cl.Nc1ccccc1/C=C/C(=O)c1ccc(OCCCN2CCOCC2)cc1. The van der Waals surface area contributed by atoms with Crippen molar-refractivity contribution in [1.82, 2.24) is 4.90 Å². The van der Waals surface area contributed by atoms with Crippen molar-refractivity contribution in [3.8, 4) is 5.75 Å². The fraction of sp³-hybridized carbons (Fsp3) is 0.318. The second-order valence-electron chi connectivity index (χ2n) is 6.51. The van der Waals surface area contributed by atoms with Crippen LogP contribution in [0.2, 0.25) is 0 Å². The Morgan fingerprint density at radius 3 is 2.45 bits per heavy atom. The number of nitrogens with two attached hydrogens (primary N) is 1. The van der Waals surface area contributed by atoms with E-state index >= 15 is 0 Å². The number of nitrogens with zero attached hydrogens (tertiary/aromatic N) is 1. The van der Waals surface area contributed by atoms with Gasteiger partial charge in [0.25, 0.3) is 0 Å². The Hall–Kier alpha value is -2.05. The Balaban J connectivity index is 0.00000210. The molecule has 1 saturated heterocycles. The van der Waals surface area contributed by atoms with E-state index in [0.717, 1.165) is 50.6 Å². The number of nitrogen functional groups attached to an aromatic ring is 1. The monoisotopic (exact) mass is 438 g/mol. The Bertz CT molecular complexity index is 776. The summed E-state index contributed by atoms with van der Waals surface area (Å²) in [4.78, 5) is 14.7. The number of anilines is 1. The molecule has 1 heterocycles. The summed E-state index contributed by atoms with van der Waals surface area (Å²) in [5.41, 5.74) is 8.00. The van der Waals surface area contributed by atoms with Crippen LogP contribution in [0.4, 0.5) is 5.69 Å². The number of ketones is 1. The van der Waals surface area contributed by atoms with E-state index in [-0.39, 0.29) is 30.6 Å². The van der Waals surface area contributed by atoms with Crippen LogP contribution in [0.5, 0.6) is 5.75 Å². The fourth-order valence-electron chi connectivity index (χ4n) is 2.94. The number of morpholine rings is 1. The summed E-state index contributed by atoms with van der Waals surface area (Å²) in [7, 11) is 0. The van der Waals surface area contributed by atoms with Crippen molar-refractivity contribution < 1.29 is 14.3 Å². The van der Waals surface area contributed by atoms with Crippen LogP contribution in [0.3, 0.4) is 0 Å². The maximum atomic E-state index is 12.3. The van der Waals surface area contributed by atoms with Gasteiger partial charge < -0.3 is 15.2 Å². The predicted octanol–water partition coefficient (Wildman–Crippen LogP) is 4.11. The summed E-state index contributed by atoms with van der Waals surface area (Å²) in [6.07, 6.45) is 4.26. The van der Waals surface area contributed by atoms with Gasteiger partial charge in [-0.1, -0.05) is 18.2 Å². The van der Waals surface area contributed by atoms with Crippen molar-refractivity contribution in [1.29, 1.82) is 0 Å². The highest BCUT2D eigenvalue weighted by atomic mass is 35.5. The molecule has 3 rings (SSSR count). The highest BCUT2D eigenvalue weighted by Crippen LogP contribution is 2.16. The van der Waals surface area contributed by atoms with Crippen molar-refractivity contribution in [2.24, 2.45) is 0 Å². The lowest BCUT2D eigenvalue weighted by Crippen LogP contribution is -2.37. The number of rotatable bonds is 8. The highest BCUT2D eigenvalue weighted by Gasteiger charge is 2.09.